The minimum Gasteiger partial charge on any atom is -0.388 e. The summed E-state index contributed by atoms with van der Waals surface area (Å²) in [5.41, 5.74) is 4.96. The van der Waals surface area contributed by atoms with Crippen LogP contribution in [0.25, 0.3) is 11.0 Å². The van der Waals surface area contributed by atoms with Crippen molar-refractivity contribution in [3.63, 3.8) is 0 Å². The Kier molecular flexibility index (Phi) is 4.56. The Balaban J connectivity index is 1.41. The van der Waals surface area contributed by atoms with Crippen LogP contribution >= 0.6 is 11.8 Å². The molecular weight excluding hydrogens is 384 g/mol. The maximum Gasteiger partial charge on any atom is 0.259 e. The zero-order valence-corrected chi connectivity index (χ0v) is 16.9. The van der Waals surface area contributed by atoms with E-state index in [0.717, 1.165) is 45.7 Å². The van der Waals surface area contributed by atoms with Crippen molar-refractivity contribution in [2.24, 2.45) is 0 Å². The molecule has 2 atom stereocenters. The Morgan fingerprint density at radius 2 is 2.14 bits per heavy atom. The molecule has 2 aromatic heterocycles. The van der Waals surface area contributed by atoms with Gasteiger partial charge < -0.3 is 20.3 Å². The van der Waals surface area contributed by atoms with Gasteiger partial charge in [0.1, 0.15) is 5.65 Å². The van der Waals surface area contributed by atoms with Gasteiger partial charge in [-0.3, -0.25) is 4.79 Å². The summed E-state index contributed by atoms with van der Waals surface area (Å²) in [6.45, 7) is 2.89. The maximum atomic E-state index is 13.0. The lowest BCUT2D eigenvalue weighted by Gasteiger charge is -2.27. The van der Waals surface area contributed by atoms with Gasteiger partial charge in [-0.1, -0.05) is 24.3 Å². The van der Waals surface area contributed by atoms with E-state index in [0.29, 0.717) is 11.3 Å². The summed E-state index contributed by atoms with van der Waals surface area (Å²) in [5.74, 6) is 0.737. The number of rotatable bonds is 3. The molecule has 0 bridgehead atoms. The topological polar surface area (TPSA) is 81.2 Å². The van der Waals surface area contributed by atoms with E-state index >= 15 is 0 Å². The molecular formula is C22H22N4O2S. The van der Waals surface area contributed by atoms with Gasteiger partial charge in [0.25, 0.3) is 5.91 Å². The molecule has 0 saturated carbocycles. The van der Waals surface area contributed by atoms with E-state index in [2.05, 4.69) is 27.1 Å². The number of anilines is 1. The highest BCUT2D eigenvalue weighted by Crippen LogP contribution is 2.39. The molecule has 6 nitrogen and oxygen atoms in total. The Labute approximate surface area is 173 Å². The first-order valence-electron chi connectivity index (χ1n) is 9.73. The van der Waals surface area contributed by atoms with Crippen molar-refractivity contribution in [1.82, 2.24) is 15.3 Å². The number of thioether (sulfide) groups is 1. The van der Waals surface area contributed by atoms with E-state index in [1.165, 1.54) is 0 Å². The maximum absolute atomic E-state index is 13.0. The number of aryl methyl sites for hydroxylation is 1. The molecule has 0 radical (unpaired) electrons. The number of H-pyrrole nitrogens is 1. The number of aliphatic hydroxyl groups excluding tert-OH is 1. The van der Waals surface area contributed by atoms with Crippen LogP contribution in [-0.4, -0.2) is 33.3 Å². The molecule has 1 aromatic carbocycles. The summed E-state index contributed by atoms with van der Waals surface area (Å²) < 4.78 is 0. The average molecular weight is 407 g/mol. The fraction of sp³-hybridized carbons (Fsp3) is 0.273. The minimum absolute atomic E-state index is 0.0929. The Bertz CT molecular complexity index is 1120. The third-order valence-electron chi connectivity index (χ3n) is 5.64. The fourth-order valence-electron chi connectivity index (χ4n) is 4.22. The van der Waals surface area contributed by atoms with Gasteiger partial charge in [0.2, 0.25) is 0 Å². The number of pyridine rings is 1. The predicted octanol–water partition coefficient (Wildman–Crippen LogP) is 3.56. The molecule has 1 amide bonds. The first kappa shape index (κ1) is 18.3. The first-order valence-corrected chi connectivity index (χ1v) is 10.7. The number of carbonyl (C=O) groups excluding carboxylic acids is 1. The highest BCUT2D eigenvalue weighted by Gasteiger charge is 2.31. The smallest absolute Gasteiger partial charge is 0.259 e. The highest BCUT2D eigenvalue weighted by molar-refractivity contribution is 8.04. The van der Waals surface area contributed by atoms with Crippen LogP contribution in [0.1, 0.15) is 35.3 Å². The van der Waals surface area contributed by atoms with Gasteiger partial charge >= 0.3 is 0 Å². The third kappa shape index (κ3) is 3.20. The van der Waals surface area contributed by atoms with Crippen LogP contribution in [0.5, 0.6) is 0 Å². The van der Waals surface area contributed by atoms with E-state index in [-0.39, 0.29) is 11.9 Å². The van der Waals surface area contributed by atoms with Gasteiger partial charge in [0, 0.05) is 42.7 Å². The number of carbonyl (C=O) groups is 1. The van der Waals surface area contributed by atoms with Gasteiger partial charge in [-0.15, -0.1) is 11.8 Å². The third-order valence-corrected chi connectivity index (χ3v) is 6.63. The number of aromatic amines is 1. The second-order valence-electron chi connectivity index (χ2n) is 7.47. The van der Waals surface area contributed by atoms with Gasteiger partial charge in [0.15, 0.2) is 0 Å². The van der Waals surface area contributed by atoms with Gasteiger partial charge in [-0.25, -0.2) is 4.98 Å². The summed E-state index contributed by atoms with van der Waals surface area (Å²) in [6.07, 6.45) is 5.67. The monoisotopic (exact) mass is 406 g/mol. The number of fused-ring (bicyclic) bond motifs is 2. The van der Waals surface area contributed by atoms with Gasteiger partial charge in [-0.05, 0) is 29.7 Å². The van der Waals surface area contributed by atoms with Crippen molar-refractivity contribution in [2.45, 2.75) is 25.5 Å². The number of amides is 1. The second kappa shape index (κ2) is 7.24. The van der Waals surface area contributed by atoms with Crippen LogP contribution in [0, 0.1) is 6.92 Å². The minimum atomic E-state index is -0.525. The lowest BCUT2D eigenvalue weighted by Crippen LogP contribution is -2.32. The predicted molar refractivity (Wildman–Crippen MR) is 116 cm³/mol. The van der Waals surface area contributed by atoms with E-state index < -0.39 is 6.10 Å². The van der Waals surface area contributed by atoms with Crippen LogP contribution in [0.4, 0.5) is 5.69 Å². The van der Waals surface area contributed by atoms with Crippen LogP contribution in [0.2, 0.25) is 0 Å². The SMILES string of the molecule is Cc1c[nH]c2nccc(N3C=C(C(=O)N[C@H]4C[C@H](O)c5ccccc54)SCC3)c12. The number of aromatic nitrogens is 2. The lowest BCUT2D eigenvalue weighted by molar-refractivity contribution is -0.117. The molecule has 3 aromatic rings. The van der Waals surface area contributed by atoms with E-state index in [9.17, 15) is 9.90 Å². The molecule has 0 unspecified atom stereocenters. The van der Waals surface area contributed by atoms with Crippen molar-refractivity contribution >= 4 is 34.4 Å². The number of nitrogens with one attached hydrogen (secondary N) is 2. The number of hydrogen-bond acceptors (Lipinski definition) is 5. The summed E-state index contributed by atoms with van der Waals surface area (Å²) >= 11 is 1.57. The van der Waals surface area contributed by atoms with Crippen LogP contribution in [0.15, 0.2) is 53.8 Å². The standard InChI is InChI=1S/C22H22N4O2S/c1-13-11-24-21-20(13)17(6-7-23-21)26-8-9-29-19(12-26)22(28)25-16-10-18(27)15-5-3-2-4-14(15)16/h2-7,11-12,16,18,27H,8-10H2,1H3,(H,23,24)(H,25,28)/t16-,18-/m0/s1. The highest BCUT2D eigenvalue weighted by atomic mass is 32.2. The molecule has 29 heavy (non-hydrogen) atoms. The van der Waals surface area contributed by atoms with Crippen molar-refractivity contribution in [2.75, 3.05) is 17.2 Å². The molecule has 2 aliphatic rings. The van der Waals surface area contributed by atoms with E-state index in [1.54, 1.807) is 18.0 Å². The number of hydrogen-bond donors (Lipinski definition) is 3. The zero-order valence-electron chi connectivity index (χ0n) is 16.1. The van der Waals surface area contributed by atoms with Crippen molar-refractivity contribution in [3.05, 3.63) is 70.5 Å². The normalized spacial score (nSPS) is 21.2. The van der Waals surface area contributed by atoms with Crippen molar-refractivity contribution in [3.8, 4) is 0 Å². The Hall–Kier alpha value is -2.77. The molecule has 7 heteroatoms. The van der Waals surface area contributed by atoms with E-state index in [1.807, 2.05) is 42.7 Å². The molecule has 3 heterocycles. The van der Waals surface area contributed by atoms with Gasteiger partial charge in [0.05, 0.1) is 22.7 Å². The van der Waals surface area contributed by atoms with Crippen molar-refractivity contribution in [1.29, 1.82) is 0 Å². The molecule has 5 rings (SSSR count). The fourth-order valence-corrected chi connectivity index (χ4v) is 5.12. The number of nitrogens with zero attached hydrogens (tertiary/aromatic N) is 2. The quantitative estimate of drug-likeness (QED) is 0.620. The van der Waals surface area contributed by atoms with E-state index in [4.69, 9.17) is 0 Å². The van der Waals surface area contributed by atoms with Crippen LogP contribution < -0.4 is 10.2 Å². The molecule has 0 spiro atoms. The first-order chi connectivity index (χ1) is 14.1. The summed E-state index contributed by atoms with van der Waals surface area (Å²) in [4.78, 5) is 23.4. The summed E-state index contributed by atoms with van der Waals surface area (Å²) in [7, 11) is 0. The lowest BCUT2D eigenvalue weighted by atomic mass is 10.1. The summed E-state index contributed by atoms with van der Waals surface area (Å²) in [6, 6.07) is 9.60. The van der Waals surface area contributed by atoms with Gasteiger partial charge in [-0.2, -0.15) is 0 Å². The zero-order chi connectivity index (χ0) is 20.0. The summed E-state index contributed by atoms with van der Waals surface area (Å²) in [5, 5.41) is 14.5. The van der Waals surface area contributed by atoms with Crippen LogP contribution in [0.3, 0.4) is 0 Å². The van der Waals surface area contributed by atoms with Crippen molar-refractivity contribution < 1.29 is 9.90 Å². The number of aliphatic hydroxyl groups is 1. The molecule has 0 saturated heterocycles. The second-order valence-corrected chi connectivity index (χ2v) is 8.60. The largest absolute Gasteiger partial charge is 0.388 e. The average Bonchev–Trinajstić information content (AvgIpc) is 3.28. The Morgan fingerprint density at radius 3 is 3.00 bits per heavy atom. The molecule has 0 fully saturated rings. The van der Waals surface area contributed by atoms with Crippen LogP contribution in [-0.2, 0) is 4.79 Å². The number of benzene rings is 1. The Morgan fingerprint density at radius 1 is 1.31 bits per heavy atom. The molecule has 1 aliphatic carbocycles. The molecule has 1 aliphatic heterocycles. The molecule has 148 valence electrons. The molecule has 3 N–H and O–H groups in total.